The maximum absolute atomic E-state index is 12.6. The molecule has 2 unspecified atom stereocenters. The van der Waals surface area contributed by atoms with E-state index >= 15 is 0 Å². The number of fused-ring (bicyclic) bond motifs is 1. The summed E-state index contributed by atoms with van der Waals surface area (Å²) in [5.41, 5.74) is 4.20. The van der Waals surface area contributed by atoms with Gasteiger partial charge in [-0.25, -0.2) is 4.79 Å². The number of ether oxygens (including phenoxy) is 2. The number of likely N-dealkylation sites (N-methyl/N-ethyl adjacent to an activating group) is 1. The molecule has 2 aliphatic heterocycles. The van der Waals surface area contributed by atoms with Crippen LogP contribution in [0.2, 0.25) is 0 Å². The lowest BCUT2D eigenvalue weighted by molar-refractivity contribution is -0.132. The van der Waals surface area contributed by atoms with E-state index in [0.717, 1.165) is 54.9 Å². The van der Waals surface area contributed by atoms with Crippen LogP contribution in [0.25, 0.3) is 22.2 Å². The fraction of sp³-hybridized carbons (Fsp3) is 0.464. The van der Waals surface area contributed by atoms with Crippen LogP contribution in [0.5, 0.6) is 0 Å². The number of amides is 1. The van der Waals surface area contributed by atoms with Gasteiger partial charge in [0.25, 0.3) is 5.91 Å². The van der Waals surface area contributed by atoms with E-state index in [9.17, 15) is 14.9 Å². The first kappa shape index (κ1) is 26.1. The number of hydrogen-bond acceptors (Lipinski definition) is 8. The van der Waals surface area contributed by atoms with E-state index in [1.165, 1.54) is 0 Å². The molecular weight excluding hydrogens is 486 g/mol. The van der Waals surface area contributed by atoms with Gasteiger partial charge in [0.05, 0.1) is 30.8 Å². The highest BCUT2D eigenvalue weighted by atomic mass is 16.5. The Bertz CT molecular complexity index is 1350. The molecule has 0 bridgehead atoms. The molecule has 2 atom stereocenters. The number of nitrogens with one attached hydrogen (secondary N) is 2. The molecule has 0 aliphatic carbocycles. The molecule has 1 aromatic heterocycles. The maximum atomic E-state index is 12.6. The number of benzene rings is 2. The van der Waals surface area contributed by atoms with Gasteiger partial charge in [-0.2, -0.15) is 5.26 Å². The normalized spacial score (nSPS) is 19.0. The van der Waals surface area contributed by atoms with Crippen molar-refractivity contribution in [2.45, 2.75) is 37.6 Å². The van der Waals surface area contributed by atoms with Gasteiger partial charge in [0.2, 0.25) is 0 Å². The van der Waals surface area contributed by atoms with E-state index in [4.69, 9.17) is 13.9 Å². The number of carbonyl (C=O) groups excluding carboxylic acids is 1. The van der Waals surface area contributed by atoms with Crippen molar-refractivity contribution in [3.05, 3.63) is 58.6 Å². The molecule has 10 nitrogen and oxygen atoms in total. The Morgan fingerprint density at radius 3 is 2.76 bits per heavy atom. The molecule has 38 heavy (non-hydrogen) atoms. The largest absolute Gasteiger partial charge is 0.419 e. The average Bonchev–Trinajstić information content (AvgIpc) is 3.04. The van der Waals surface area contributed by atoms with Gasteiger partial charge < -0.3 is 24.5 Å². The van der Waals surface area contributed by atoms with Crippen LogP contribution < -0.4 is 16.4 Å². The molecule has 2 aliphatic rings. The second-order valence-corrected chi connectivity index (χ2v) is 9.88. The quantitative estimate of drug-likeness (QED) is 0.437. The Balaban J connectivity index is 1.25. The highest BCUT2D eigenvalue weighted by Crippen LogP contribution is 2.25. The highest BCUT2D eigenvalue weighted by molar-refractivity contribution is 5.82. The Morgan fingerprint density at radius 1 is 1.24 bits per heavy atom. The van der Waals surface area contributed by atoms with Gasteiger partial charge in [0, 0.05) is 32.7 Å². The van der Waals surface area contributed by atoms with Crippen LogP contribution in [0.15, 0.2) is 51.7 Å². The van der Waals surface area contributed by atoms with E-state index < -0.39 is 12.1 Å². The Morgan fingerprint density at radius 2 is 2.03 bits per heavy atom. The predicted octanol–water partition coefficient (Wildman–Crippen LogP) is 1.52. The second-order valence-electron chi connectivity index (χ2n) is 9.88. The molecule has 0 radical (unpaired) electrons. The van der Waals surface area contributed by atoms with Crippen molar-refractivity contribution < 1.29 is 18.7 Å². The molecule has 200 valence electrons. The van der Waals surface area contributed by atoms with E-state index in [-0.39, 0.29) is 11.7 Å². The van der Waals surface area contributed by atoms with E-state index in [1.54, 1.807) is 4.57 Å². The van der Waals surface area contributed by atoms with Crippen molar-refractivity contribution in [2.24, 2.45) is 0 Å². The van der Waals surface area contributed by atoms with Crippen molar-refractivity contribution >= 4 is 17.0 Å². The Hall–Kier alpha value is -3.49. The Labute approximate surface area is 221 Å². The van der Waals surface area contributed by atoms with Gasteiger partial charge in [-0.05, 0) is 48.8 Å². The third kappa shape index (κ3) is 5.97. The van der Waals surface area contributed by atoms with Crippen LogP contribution in [0.4, 0.5) is 0 Å². The fourth-order valence-electron chi connectivity index (χ4n) is 4.72. The zero-order chi connectivity index (χ0) is 26.5. The second kappa shape index (κ2) is 11.9. The molecule has 3 heterocycles. The number of carbonyl (C=O) groups is 1. The molecule has 2 aromatic carbocycles. The lowest BCUT2D eigenvalue weighted by atomic mass is 10.0. The monoisotopic (exact) mass is 519 g/mol. The molecule has 2 saturated heterocycles. The minimum atomic E-state index is -0.651. The van der Waals surface area contributed by atoms with Gasteiger partial charge >= 0.3 is 5.76 Å². The van der Waals surface area contributed by atoms with Crippen molar-refractivity contribution in [1.29, 1.82) is 5.26 Å². The number of nitriles is 1. The summed E-state index contributed by atoms with van der Waals surface area (Å²) in [4.78, 5) is 27.3. The van der Waals surface area contributed by atoms with Crippen LogP contribution in [-0.4, -0.2) is 80.1 Å². The first-order valence-electron chi connectivity index (χ1n) is 13.0. The zero-order valence-electron chi connectivity index (χ0n) is 21.5. The van der Waals surface area contributed by atoms with Gasteiger partial charge in [0.15, 0.2) is 5.58 Å². The standard InChI is InChI=1S/C28H33N5O5/c1-32(23-17-36-18-23)10-11-33-24-14-21(7-8-25(24)38-28(33)35)20-5-3-19(4-6-20)13-22(15-29)31-27(34)26-16-30-9-2-12-37-26/h3-8,14,22-23,26,30H,2,9-13,16-18H2,1H3,(H,31,34). The minimum Gasteiger partial charge on any atom is -0.408 e. The third-order valence-corrected chi connectivity index (χ3v) is 7.23. The minimum absolute atomic E-state index is 0.269. The SMILES string of the molecule is CN(CCn1c(=O)oc2ccc(-c3ccc(CC(C#N)NC(=O)C4CNCCCO4)cc3)cc21)C1COC1. The van der Waals surface area contributed by atoms with Crippen LogP contribution >= 0.6 is 0 Å². The molecule has 0 saturated carbocycles. The van der Waals surface area contributed by atoms with E-state index in [2.05, 4.69) is 21.6 Å². The topological polar surface area (TPSA) is 122 Å². The zero-order valence-corrected chi connectivity index (χ0v) is 21.5. The molecule has 2 fully saturated rings. The highest BCUT2D eigenvalue weighted by Gasteiger charge is 2.24. The lowest BCUT2D eigenvalue weighted by Crippen LogP contribution is -2.48. The number of aromatic nitrogens is 1. The fourth-order valence-corrected chi connectivity index (χ4v) is 4.72. The van der Waals surface area contributed by atoms with Crippen molar-refractivity contribution in [3.8, 4) is 17.2 Å². The van der Waals surface area contributed by atoms with Crippen molar-refractivity contribution in [3.63, 3.8) is 0 Å². The van der Waals surface area contributed by atoms with Crippen LogP contribution in [0, 0.1) is 11.3 Å². The van der Waals surface area contributed by atoms with Gasteiger partial charge in [0.1, 0.15) is 12.1 Å². The summed E-state index contributed by atoms with van der Waals surface area (Å²) < 4.78 is 18.0. The summed E-state index contributed by atoms with van der Waals surface area (Å²) in [7, 11) is 2.04. The summed E-state index contributed by atoms with van der Waals surface area (Å²) in [6, 6.07) is 15.5. The van der Waals surface area contributed by atoms with Gasteiger partial charge in [-0.3, -0.25) is 14.3 Å². The van der Waals surface area contributed by atoms with Gasteiger partial charge in [-0.1, -0.05) is 30.3 Å². The Kier molecular flexibility index (Phi) is 8.20. The number of rotatable bonds is 9. The summed E-state index contributed by atoms with van der Waals surface area (Å²) in [6.07, 6.45) is 0.665. The number of oxazole rings is 1. The van der Waals surface area contributed by atoms with Crippen LogP contribution in [0.1, 0.15) is 12.0 Å². The van der Waals surface area contributed by atoms with Crippen LogP contribution in [0.3, 0.4) is 0 Å². The lowest BCUT2D eigenvalue weighted by Gasteiger charge is -2.34. The average molecular weight is 520 g/mol. The first-order valence-corrected chi connectivity index (χ1v) is 13.0. The summed E-state index contributed by atoms with van der Waals surface area (Å²) in [6.45, 7) is 4.50. The van der Waals surface area contributed by atoms with Crippen LogP contribution in [-0.2, 0) is 27.2 Å². The predicted molar refractivity (Wildman–Crippen MR) is 142 cm³/mol. The molecule has 3 aromatic rings. The smallest absolute Gasteiger partial charge is 0.408 e. The first-order chi connectivity index (χ1) is 18.5. The van der Waals surface area contributed by atoms with E-state index in [0.29, 0.717) is 37.7 Å². The van der Waals surface area contributed by atoms with Crippen molar-refractivity contribution in [2.75, 3.05) is 46.5 Å². The number of nitrogens with zero attached hydrogens (tertiary/aromatic N) is 3. The van der Waals surface area contributed by atoms with Gasteiger partial charge in [-0.15, -0.1) is 0 Å². The van der Waals surface area contributed by atoms with Crippen molar-refractivity contribution in [1.82, 2.24) is 20.1 Å². The molecule has 0 spiro atoms. The molecule has 5 rings (SSSR count). The van der Waals surface area contributed by atoms with E-state index in [1.807, 2.05) is 49.5 Å². The molecule has 1 amide bonds. The summed E-state index contributed by atoms with van der Waals surface area (Å²) in [5, 5.41) is 15.6. The molecule has 2 N–H and O–H groups in total. The maximum Gasteiger partial charge on any atom is 0.419 e. The molecule has 10 heteroatoms. The third-order valence-electron chi connectivity index (χ3n) is 7.23. The number of hydrogen-bond donors (Lipinski definition) is 2. The summed E-state index contributed by atoms with van der Waals surface area (Å²) >= 11 is 0. The molecular formula is C28H33N5O5. The summed E-state index contributed by atoms with van der Waals surface area (Å²) in [5.74, 6) is -0.630.